The van der Waals surface area contributed by atoms with E-state index in [1.807, 2.05) is 0 Å². The van der Waals surface area contributed by atoms with E-state index in [0.29, 0.717) is 20.9 Å². The van der Waals surface area contributed by atoms with Gasteiger partial charge in [0.15, 0.2) is 10.4 Å². The highest BCUT2D eigenvalue weighted by molar-refractivity contribution is 8.01. The number of ether oxygens (including phenoxy) is 1. The number of nitrogens with two attached hydrogens (primary N) is 2. The zero-order valence-corrected chi connectivity index (χ0v) is 13.5. The lowest BCUT2D eigenvalue weighted by molar-refractivity contribution is -0.125. The molecule has 1 unspecified atom stereocenters. The predicted molar refractivity (Wildman–Crippen MR) is 87.5 cm³/mol. The molecule has 2 aromatic rings. The van der Waals surface area contributed by atoms with Crippen LogP contribution in [0.2, 0.25) is 0 Å². The monoisotopic (exact) mass is 351 g/mol. The lowest BCUT2D eigenvalue weighted by Gasteiger charge is -2.33. The van der Waals surface area contributed by atoms with Gasteiger partial charge in [-0.15, -0.1) is 10.2 Å². The van der Waals surface area contributed by atoms with Crippen molar-refractivity contribution in [3.8, 4) is 5.75 Å². The van der Waals surface area contributed by atoms with Crippen molar-refractivity contribution in [1.82, 2.24) is 10.2 Å². The van der Waals surface area contributed by atoms with E-state index in [1.165, 1.54) is 28.0 Å². The largest absolute Gasteiger partial charge is 0.477 e. The van der Waals surface area contributed by atoms with E-state index in [9.17, 15) is 9.59 Å². The number of aromatic nitrogens is 2. The number of thioether (sulfide) groups is 1. The molecule has 0 saturated heterocycles. The van der Waals surface area contributed by atoms with Crippen molar-refractivity contribution in [2.45, 2.75) is 10.4 Å². The third kappa shape index (κ3) is 3.37. The molecule has 23 heavy (non-hydrogen) atoms. The molecule has 2 amide bonds. The van der Waals surface area contributed by atoms with Crippen LogP contribution in [0.25, 0.3) is 0 Å². The average Bonchev–Trinajstić information content (AvgIpc) is 2.97. The van der Waals surface area contributed by atoms with E-state index < -0.39 is 12.0 Å². The van der Waals surface area contributed by atoms with E-state index in [-0.39, 0.29) is 18.2 Å². The fourth-order valence-electron chi connectivity index (χ4n) is 2.10. The van der Waals surface area contributed by atoms with Crippen molar-refractivity contribution in [2.24, 2.45) is 5.73 Å². The second kappa shape index (κ2) is 6.42. The van der Waals surface area contributed by atoms with E-state index in [1.54, 1.807) is 24.3 Å². The van der Waals surface area contributed by atoms with Crippen LogP contribution in [-0.4, -0.2) is 40.4 Å². The van der Waals surface area contributed by atoms with E-state index in [2.05, 4.69) is 10.2 Å². The molecular weight excluding hydrogens is 338 g/mol. The Bertz CT molecular complexity index is 751. The molecule has 4 N–H and O–H groups in total. The molecule has 1 aromatic heterocycles. The molecule has 1 atom stereocenters. The summed E-state index contributed by atoms with van der Waals surface area (Å²) in [6.07, 6.45) is -0.865. The summed E-state index contributed by atoms with van der Waals surface area (Å²) in [5, 5.41) is 7.91. The molecule has 2 heterocycles. The first kappa shape index (κ1) is 15.6. The molecule has 0 spiro atoms. The highest BCUT2D eigenvalue weighted by atomic mass is 32.2. The van der Waals surface area contributed by atoms with Gasteiger partial charge >= 0.3 is 0 Å². The number of benzene rings is 1. The molecule has 120 valence electrons. The number of nitrogen functional groups attached to an aromatic ring is 1. The van der Waals surface area contributed by atoms with Crippen molar-refractivity contribution in [2.75, 3.05) is 22.9 Å². The SMILES string of the molecule is NC(=O)C1CN(C(=O)CSc2nnc(N)s2)c2ccccc2O1. The highest BCUT2D eigenvalue weighted by Crippen LogP contribution is 2.34. The summed E-state index contributed by atoms with van der Waals surface area (Å²) in [4.78, 5) is 25.5. The van der Waals surface area contributed by atoms with Crippen LogP contribution in [0.1, 0.15) is 0 Å². The van der Waals surface area contributed by atoms with Gasteiger partial charge in [-0.05, 0) is 12.1 Å². The van der Waals surface area contributed by atoms with Crippen molar-refractivity contribution in [1.29, 1.82) is 0 Å². The van der Waals surface area contributed by atoms with Crippen LogP contribution in [0.3, 0.4) is 0 Å². The lowest BCUT2D eigenvalue weighted by atomic mass is 10.2. The first-order valence-electron chi connectivity index (χ1n) is 6.61. The van der Waals surface area contributed by atoms with Gasteiger partial charge in [-0.25, -0.2) is 0 Å². The van der Waals surface area contributed by atoms with Gasteiger partial charge in [0.25, 0.3) is 5.91 Å². The molecule has 10 heteroatoms. The van der Waals surface area contributed by atoms with Crippen LogP contribution in [0.15, 0.2) is 28.6 Å². The minimum absolute atomic E-state index is 0.0873. The number of hydrogen-bond acceptors (Lipinski definition) is 8. The van der Waals surface area contributed by atoms with Crippen molar-refractivity contribution in [3.05, 3.63) is 24.3 Å². The smallest absolute Gasteiger partial charge is 0.260 e. The fraction of sp³-hybridized carbons (Fsp3) is 0.231. The Kier molecular flexibility index (Phi) is 4.35. The van der Waals surface area contributed by atoms with Crippen LogP contribution in [-0.2, 0) is 9.59 Å². The Morgan fingerprint density at radius 3 is 2.87 bits per heavy atom. The lowest BCUT2D eigenvalue weighted by Crippen LogP contribution is -2.49. The standard InChI is InChI=1S/C13H13N5O3S2/c14-11(20)9-5-18(7-3-1-2-4-8(7)21-9)10(19)6-22-13-17-16-12(15)23-13/h1-4,9H,5-6H2,(H2,14,20)(H2,15,16). The maximum absolute atomic E-state index is 12.5. The molecule has 0 fully saturated rings. The predicted octanol–water partition coefficient (Wildman–Crippen LogP) is 0.492. The molecule has 1 aliphatic heterocycles. The van der Waals surface area contributed by atoms with E-state index in [4.69, 9.17) is 16.2 Å². The quantitative estimate of drug-likeness (QED) is 0.768. The third-order valence-corrected chi connectivity index (χ3v) is 5.00. The summed E-state index contributed by atoms with van der Waals surface area (Å²) in [7, 11) is 0. The number of amides is 2. The Morgan fingerprint density at radius 2 is 2.17 bits per heavy atom. The van der Waals surface area contributed by atoms with E-state index in [0.717, 1.165) is 0 Å². The first-order chi connectivity index (χ1) is 11.0. The van der Waals surface area contributed by atoms with Crippen LogP contribution in [0, 0.1) is 0 Å². The zero-order chi connectivity index (χ0) is 16.4. The van der Waals surface area contributed by atoms with Crippen molar-refractivity contribution in [3.63, 3.8) is 0 Å². The molecule has 3 rings (SSSR count). The summed E-state index contributed by atoms with van der Waals surface area (Å²) in [6.45, 7) is 0.0873. The van der Waals surface area contributed by atoms with Gasteiger partial charge in [0.1, 0.15) is 5.75 Å². The van der Waals surface area contributed by atoms with Gasteiger partial charge in [-0.1, -0.05) is 35.2 Å². The molecule has 1 aromatic carbocycles. The summed E-state index contributed by atoms with van der Waals surface area (Å²) >= 11 is 2.46. The molecule has 0 saturated carbocycles. The maximum atomic E-state index is 12.5. The van der Waals surface area contributed by atoms with Gasteiger partial charge < -0.3 is 21.1 Å². The second-order valence-electron chi connectivity index (χ2n) is 4.68. The van der Waals surface area contributed by atoms with Gasteiger partial charge in [0, 0.05) is 0 Å². The van der Waals surface area contributed by atoms with E-state index >= 15 is 0 Å². The molecule has 8 nitrogen and oxygen atoms in total. The highest BCUT2D eigenvalue weighted by Gasteiger charge is 2.32. The Labute approximate surface area is 139 Å². The average molecular weight is 351 g/mol. The van der Waals surface area contributed by atoms with Crippen molar-refractivity contribution >= 4 is 45.7 Å². The summed E-state index contributed by atoms with van der Waals surface area (Å²) in [5.74, 6) is -0.178. The number of primary amides is 1. The van der Waals surface area contributed by atoms with Gasteiger partial charge in [-0.3, -0.25) is 9.59 Å². The van der Waals surface area contributed by atoms with Gasteiger partial charge in [-0.2, -0.15) is 0 Å². The number of para-hydroxylation sites is 2. The third-order valence-electron chi connectivity index (χ3n) is 3.13. The number of fused-ring (bicyclic) bond motifs is 1. The second-order valence-corrected chi connectivity index (χ2v) is 6.91. The molecule has 1 aliphatic rings. The summed E-state index contributed by atoms with van der Waals surface area (Å²) < 4.78 is 6.14. The first-order valence-corrected chi connectivity index (χ1v) is 8.42. The van der Waals surface area contributed by atoms with Crippen LogP contribution < -0.4 is 21.1 Å². The number of hydrogen-bond donors (Lipinski definition) is 2. The fourth-order valence-corrected chi connectivity index (χ4v) is 3.61. The van der Waals surface area contributed by atoms with Crippen LogP contribution in [0.4, 0.5) is 10.8 Å². The van der Waals surface area contributed by atoms with Gasteiger partial charge in [0.2, 0.25) is 11.0 Å². The Morgan fingerprint density at radius 1 is 1.39 bits per heavy atom. The number of nitrogens with zero attached hydrogens (tertiary/aromatic N) is 3. The molecule has 0 aliphatic carbocycles. The topological polar surface area (TPSA) is 124 Å². The minimum atomic E-state index is -0.865. The number of carbonyl (C=O) groups excluding carboxylic acids is 2. The zero-order valence-electron chi connectivity index (χ0n) is 11.8. The Hall–Kier alpha value is -2.33. The Balaban J connectivity index is 1.76. The molecule has 0 bridgehead atoms. The maximum Gasteiger partial charge on any atom is 0.260 e. The minimum Gasteiger partial charge on any atom is -0.477 e. The van der Waals surface area contributed by atoms with Gasteiger partial charge in [0.05, 0.1) is 18.0 Å². The normalized spacial score (nSPS) is 16.5. The number of carbonyl (C=O) groups is 2. The molecular formula is C13H13N5O3S2. The summed E-state index contributed by atoms with van der Waals surface area (Å²) in [6, 6.07) is 7.02. The summed E-state index contributed by atoms with van der Waals surface area (Å²) in [5.41, 5.74) is 11.4. The number of rotatable bonds is 4. The van der Waals surface area contributed by atoms with Crippen LogP contribution >= 0.6 is 23.1 Å². The molecule has 0 radical (unpaired) electrons. The van der Waals surface area contributed by atoms with Crippen molar-refractivity contribution < 1.29 is 14.3 Å². The number of anilines is 2. The van der Waals surface area contributed by atoms with Crippen LogP contribution in [0.5, 0.6) is 5.75 Å².